The first-order valence-electron chi connectivity index (χ1n) is 14.3. The molecule has 0 spiro atoms. The summed E-state index contributed by atoms with van der Waals surface area (Å²) in [4.78, 5) is 38.8. The first-order chi connectivity index (χ1) is 20.8. The van der Waals surface area contributed by atoms with Crippen LogP contribution in [0.2, 0.25) is 0 Å². The molecule has 3 amide bonds. The molecule has 43 heavy (non-hydrogen) atoms. The number of nitrogen functional groups attached to an aromatic ring is 1. The van der Waals surface area contributed by atoms with Crippen LogP contribution in [0, 0.1) is 0 Å². The molecule has 1 fully saturated rings. The van der Waals surface area contributed by atoms with Gasteiger partial charge in [0.25, 0.3) is 0 Å². The lowest BCUT2D eigenvalue weighted by molar-refractivity contribution is -0.120. The molecule has 12 heteroatoms. The summed E-state index contributed by atoms with van der Waals surface area (Å²) in [6, 6.07) is 19.2. The van der Waals surface area contributed by atoms with E-state index in [1.807, 2.05) is 71.1 Å². The average molecular weight is 711 g/mol. The molecule has 0 saturated carbocycles. The number of hydroxylamine groups is 2. The standard InChI is InChI=1S/C31H33Br2N7O3/c1-38-27-9-5-4-8-25(27)35-29(38)26(18-19-16-22(32)28(34)23(33)17-19)37-31(42)43-39-13-11-21(12-14-39)40-15-10-20-6-2-3-7-24(20)36-30(40)41/h2-9,16-17,21,26H,10-15,18,34H2,1H3,(H,36,41)(H,37,42)/t26-/m1/s1. The molecule has 4 aromatic rings. The molecule has 0 aliphatic carbocycles. The van der Waals surface area contributed by atoms with Crippen molar-refractivity contribution in [2.24, 2.45) is 7.05 Å². The Kier molecular flexibility index (Phi) is 8.60. The number of para-hydroxylation sites is 3. The van der Waals surface area contributed by atoms with E-state index >= 15 is 0 Å². The molecule has 6 rings (SSSR count). The fraction of sp³-hybridized carbons (Fsp3) is 0.323. The monoisotopic (exact) mass is 709 g/mol. The summed E-state index contributed by atoms with van der Waals surface area (Å²) in [6.07, 6.45) is 2.14. The van der Waals surface area contributed by atoms with Crippen molar-refractivity contribution in [2.75, 3.05) is 30.7 Å². The number of anilines is 2. The van der Waals surface area contributed by atoms with E-state index in [4.69, 9.17) is 15.6 Å². The zero-order valence-corrected chi connectivity index (χ0v) is 26.9. The molecule has 0 unspecified atom stereocenters. The molecule has 224 valence electrons. The maximum Gasteiger partial charge on any atom is 0.426 e. The molecule has 0 radical (unpaired) electrons. The number of imidazole rings is 1. The molecule has 1 saturated heterocycles. The normalized spacial score (nSPS) is 16.8. The molecule has 2 aliphatic heterocycles. The number of nitrogens with two attached hydrogens (primary N) is 1. The third-order valence-corrected chi connectivity index (χ3v) is 9.53. The van der Waals surface area contributed by atoms with Crippen LogP contribution in [0.5, 0.6) is 0 Å². The molecule has 2 aliphatic rings. The van der Waals surface area contributed by atoms with Gasteiger partial charge in [-0.25, -0.2) is 14.6 Å². The van der Waals surface area contributed by atoms with E-state index in [0.29, 0.717) is 50.4 Å². The second-order valence-corrected chi connectivity index (χ2v) is 12.7. The number of urea groups is 1. The van der Waals surface area contributed by atoms with Gasteiger partial charge >= 0.3 is 12.1 Å². The van der Waals surface area contributed by atoms with E-state index in [-0.39, 0.29) is 12.1 Å². The van der Waals surface area contributed by atoms with Crippen molar-refractivity contribution in [1.29, 1.82) is 0 Å². The number of benzene rings is 3. The SMILES string of the molecule is Cn1c([C@@H](Cc2cc(Br)c(N)c(Br)c2)NC(=O)ON2CCC(N3CCc4ccccc4NC3=O)CC2)nc2ccccc21. The number of nitrogens with zero attached hydrogens (tertiary/aromatic N) is 4. The Balaban J connectivity index is 1.12. The smallest absolute Gasteiger partial charge is 0.397 e. The summed E-state index contributed by atoms with van der Waals surface area (Å²) < 4.78 is 3.54. The average Bonchev–Trinajstić information content (AvgIpc) is 3.23. The highest BCUT2D eigenvalue weighted by molar-refractivity contribution is 9.11. The molecular weight excluding hydrogens is 678 g/mol. The number of carbonyl (C=O) groups is 2. The van der Waals surface area contributed by atoms with Crippen molar-refractivity contribution in [3.8, 4) is 0 Å². The van der Waals surface area contributed by atoms with Gasteiger partial charge < -0.3 is 30.7 Å². The fourth-order valence-corrected chi connectivity index (χ4v) is 7.22. The van der Waals surface area contributed by atoms with Crippen molar-refractivity contribution in [1.82, 2.24) is 24.8 Å². The van der Waals surface area contributed by atoms with Gasteiger partial charge in [0.05, 0.1) is 22.8 Å². The number of fused-ring (bicyclic) bond motifs is 2. The summed E-state index contributed by atoms with van der Waals surface area (Å²) in [5.41, 5.74) is 11.5. The molecule has 1 aromatic heterocycles. The van der Waals surface area contributed by atoms with Crippen molar-refractivity contribution < 1.29 is 14.4 Å². The zero-order valence-electron chi connectivity index (χ0n) is 23.7. The predicted molar refractivity (Wildman–Crippen MR) is 173 cm³/mol. The van der Waals surface area contributed by atoms with Crippen molar-refractivity contribution in [3.63, 3.8) is 0 Å². The minimum atomic E-state index is -0.549. The molecule has 4 N–H and O–H groups in total. The van der Waals surface area contributed by atoms with E-state index in [0.717, 1.165) is 43.2 Å². The Hall–Kier alpha value is -3.61. The number of piperidine rings is 1. The van der Waals surface area contributed by atoms with Crippen molar-refractivity contribution in [3.05, 3.63) is 86.6 Å². The summed E-state index contributed by atoms with van der Waals surface area (Å²) in [5, 5.41) is 7.79. The van der Waals surface area contributed by atoms with Crippen LogP contribution in [0.25, 0.3) is 11.0 Å². The van der Waals surface area contributed by atoms with Gasteiger partial charge in [-0.15, -0.1) is 5.06 Å². The fourth-order valence-electron chi connectivity index (χ4n) is 5.94. The van der Waals surface area contributed by atoms with Crippen LogP contribution >= 0.6 is 31.9 Å². The van der Waals surface area contributed by atoms with Gasteiger partial charge in [0.1, 0.15) is 5.82 Å². The predicted octanol–water partition coefficient (Wildman–Crippen LogP) is 6.16. The molecule has 10 nitrogen and oxygen atoms in total. The largest absolute Gasteiger partial charge is 0.426 e. The van der Waals surface area contributed by atoms with Crippen LogP contribution in [-0.4, -0.2) is 57.3 Å². The second-order valence-electron chi connectivity index (χ2n) is 11.0. The summed E-state index contributed by atoms with van der Waals surface area (Å²) in [5.74, 6) is 0.717. The van der Waals surface area contributed by atoms with Crippen LogP contribution in [0.15, 0.2) is 69.6 Å². The first-order valence-corrected chi connectivity index (χ1v) is 15.9. The molecular formula is C31H33Br2N7O3. The quantitative estimate of drug-likeness (QED) is 0.207. The van der Waals surface area contributed by atoms with E-state index in [2.05, 4.69) is 48.6 Å². The number of aryl methyl sites for hydroxylation is 1. The second kappa shape index (κ2) is 12.6. The van der Waals surface area contributed by atoms with Crippen LogP contribution < -0.4 is 16.4 Å². The van der Waals surface area contributed by atoms with E-state index in [9.17, 15) is 9.59 Å². The Morgan fingerprint density at radius 3 is 2.53 bits per heavy atom. The van der Waals surface area contributed by atoms with Crippen LogP contribution in [0.3, 0.4) is 0 Å². The number of hydrogen-bond donors (Lipinski definition) is 3. The maximum absolute atomic E-state index is 13.3. The number of halogens is 2. The van der Waals surface area contributed by atoms with Crippen LogP contribution in [0.4, 0.5) is 21.0 Å². The number of nitrogens with one attached hydrogen (secondary N) is 2. The lowest BCUT2D eigenvalue weighted by Crippen LogP contribution is -2.49. The van der Waals surface area contributed by atoms with E-state index in [1.54, 1.807) is 5.06 Å². The number of hydrogen-bond acceptors (Lipinski definition) is 6. The minimum Gasteiger partial charge on any atom is -0.397 e. The number of aromatic nitrogens is 2. The van der Waals surface area contributed by atoms with Gasteiger partial charge in [-0.2, -0.15) is 0 Å². The highest BCUT2D eigenvalue weighted by atomic mass is 79.9. The molecule has 1 atom stereocenters. The van der Waals surface area contributed by atoms with Gasteiger partial charge in [0.15, 0.2) is 0 Å². The number of carbonyl (C=O) groups excluding carboxylic acids is 2. The molecule has 3 aromatic carbocycles. The molecule has 0 bridgehead atoms. The topological polar surface area (TPSA) is 118 Å². The van der Waals surface area contributed by atoms with E-state index in [1.165, 1.54) is 0 Å². The minimum absolute atomic E-state index is 0.0756. The van der Waals surface area contributed by atoms with Gasteiger partial charge in [-0.05, 0) is 92.6 Å². The van der Waals surface area contributed by atoms with E-state index < -0.39 is 12.1 Å². The Labute approximate surface area is 266 Å². The van der Waals surface area contributed by atoms with Gasteiger partial charge in [0.2, 0.25) is 0 Å². The van der Waals surface area contributed by atoms with Gasteiger partial charge in [0, 0.05) is 53.8 Å². The van der Waals surface area contributed by atoms with Crippen molar-refractivity contribution in [2.45, 2.75) is 37.8 Å². The zero-order chi connectivity index (χ0) is 30.1. The lowest BCUT2D eigenvalue weighted by Gasteiger charge is -2.37. The van der Waals surface area contributed by atoms with Crippen LogP contribution in [-0.2, 0) is 24.7 Å². The number of rotatable bonds is 6. The van der Waals surface area contributed by atoms with Gasteiger partial charge in [-0.3, -0.25) is 0 Å². The Bertz CT molecular complexity index is 1650. The highest BCUT2D eigenvalue weighted by Gasteiger charge is 2.32. The molecule has 3 heterocycles. The summed E-state index contributed by atoms with van der Waals surface area (Å²) in [7, 11) is 1.95. The third-order valence-electron chi connectivity index (χ3n) is 8.22. The van der Waals surface area contributed by atoms with Crippen LogP contribution in [0.1, 0.15) is 35.8 Å². The van der Waals surface area contributed by atoms with Crippen molar-refractivity contribution >= 4 is 66.4 Å². The highest BCUT2D eigenvalue weighted by Crippen LogP contribution is 2.32. The number of amides is 3. The first kappa shape index (κ1) is 29.5. The third kappa shape index (κ3) is 6.36. The Morgan fingerprint density at radius 2 is 1.79 bits per heavy atom. The lowest BCUT2D eigenvalue weighted by atomic mass is 10.0. The summed E-state index contributed by atoms with van der Waals surface area (Å²) in [6.45, 7) is 1.72. The van der Waals surface area contributed by atoms with Gasteiger partial charge in [-0.1, -0.05) is 30.3 Å². The Morgan fingerprint density at radius 1 is 1.09 bits per heavy atom. The summed E-state index contributed by atoms with van der Waals surface area (Å²) >= 11 is 7.06. The maximum atomic E-state index is 13.3.